The van der Waals surface area contributed by atoms with Crippen LogP contribution in [0, 0.1) is 16.0 Å². The summed E-state index contributed by atoms with van der Waals surface area (Å²) in [6, 6.07) is 10.8. The number of amides is 1. The Bertz CT molecular complexity index is 920. The van der Waals surface area contributed by atoms with Gasteiger partial charge in [0.1, 0.15) is 5.60 Å². The third-order valence-corrected chi connectivity index (χ3v) is 4.25. The molecule has 0 spiro atoms. The maximum Gasteiger partial charge on any atom is 0.338 e. The van der Waals surface area contributed by atoms with Gasteiger partial charge in [-0.1, -0.05) is 24.6 Å². The minimum atomic E-state index is -0.710. The Morgan fingerprint density at radius 1 is 1.17 bits per heavy atom. The quantitative estimate of drug-likeness (QED) is 0.403. The molecule has 0 bridgehead atoms. The van der Waals surface area contributed by atoms with Crippen molar-refractivity contribution in [2.45, 2.75) is 39.7 Å². The zero-order chi connectivity index (χ0) is 21.8. The molecular formula is C21H23ClN2O5. The van der Waals surface area contributed by atoms with Gasteiger partial charge in [-0.05, 0) is 57.5 Å². The van der Waals surface area contributed by atoms with Crippen LogP contribution in [0.1, 0.15) is 43.6 Å². The summed E-state index contributed by atoms with van der Waals surface area (Å²) in [5, 5.41) is 14.8. The molecule has 0 saturated carbocycles. The first kappa shape index (κ1) is 22.4. The van der Waals surface area contributed by atoms with Crippen molar-refractivity contribution in [3.8, 4) is 0 Å². The van der Waals surface area contributed by atoms with E-state index >= 15 is 0 Å². The molecule has 0 aliphatic carbocycles. The summed E-state index contributed by atoms with van der Waals surface area (Å²) in [6.07, 6.45) is 0.143. The average Bonchev–Trinajstić information content (AvgIpc) is 2.62. The minimum absolute atomic E-state index is 0.0913. The lowest BCUT2D eigenvalue weighted by molar-refractivity contribution is -0.385. The Balaban J connectivity index is 2.16. The number of hydrogen-bond donors (Lipinski definition) is 1. The number of rotatable bonds is 6. The second kappa shape index (κ2) is 9.05. The van der Waals surface area contributed by atoms with Gasteiger partial charge in [0, 0.05) is 28.3 Å². The van der Waals surface area contributed by atoms with Gasteiger partial charge in [-0.25, -0.2) is 4.79 Å². The van der Waals surface area contributed by atoms with Crippen LogP contribution in [0.5, 0.6) is 0 Å². The van der Waals surface area contributed by atoms with Gasteiger partial charge in [0.25, 0.3) is 5.69 Å². The maximum absolute atomic E-state index is 12.4. The molecule has 29 heavy (non-hydrogen) atoms. The Hall–Kier alpha value is -2.93. The number of halogens is 1. The fourth-order valence-electron chi connectivity index (χ4n) is 2.59. The number of carbonyl (C=O) groups is 2. The van der Waals surface area contributed by atoms with Crippen molar-refractivity contribution in [2.75, 3.05) is 5.32 Å². The number of benzene rings is 2. The molecule has 1 amide bonds. The smallest absolute Gasteiger partial charge is 0.338 e. The molecule has 0 aliphatic heterocycles. The Labute approximate surface area is 174 Å². The third-order valence-electron chi connectivity index (χ3n) is 4.00. The predicted octanol–water partition coefficient (Wildman–Crippen LogP) is 5.02. The molecule has 0 aliphatic rings. The second-order valence-electron chi connectivity index (χ2n) is 7.70. The SMILES string of the molecule is CC(Cc1ccc(C(=O)OC(C)(C)C)cc1[N+](=O)[O-])C(=O)Nc1ccc(Cl)cc1. The van der Waals surface area contributed by atoms with Crippen LogP contribution < -0.4 is 5.32 Å². The van der Waals surface area contributed by atoms with Gasteiger partial charge in [0.05, 0.1) is 10.5 Å². The predicted molar refractivity (Wildman–Crippen MR) is 111 cm³/mol. The number of nitro benzene ring substituents is 1. The van der Waals surface area contributed by atoms with Crippen LogP contribution in [0.4, 0.5) is 11.4 Å². The number of nitrogens with one attached hydrogen (secondary N) is 1. The van der Waals surface area contributed by atoms with Crippen LogP contribution in [0.2, 0.25) is 5.02 Å². The molecule has 2 aromatic rings. The van der Waals surface area contributed by atoms with Crippen molar-refractivity contribution in [1.29, 1.82) is 0 Å². The highest BCUT2D eigenvalue weighted by atomic mass is 35.5. The molecule has 7 nitrogen and oxygen atoms in total. The average molecular weight is 419 g/mol. The van der Waals surface area contributed by atoms with Gasteiger partial charge in [-0.15, -0.1) is 0 Å². The highest BCUT2D eigenvalue weighted by molar-refractivity contribution is 6.30. The first-order chi connectivity index (χ1) is 13.5. The number of hydrogen-bond acceptors (Lipinski definition) is 5. The van der Waals surface area contributed by atoms with Gasteiger partial charge in [-0.2, -0.15) is 0 Å². The number of esters is 1. The van der Waals surface area contributed by atoms with E-state index in [1.807, 2.05) is 0 Å². The van der Waals surface area contributed by atoms with Crippen LogP contribution in [0.15, 0.2) is 42.5 Å². The molecule has 0 fully saturated rings. The summed E-state index contributed by atoms with van der Waals surface area (Å²) in [4.78, 5) is 35.5. The molecule has 0 saturated heterocycles. The van der Waals surface area contributed by atoms with Crippen LogP contribution >= 0.6 is 11.6 Å². The molecule has 0 heterocycles. The summed E-state index contributed by atoms with van der Waals surface area (Å²) in [5.41, 5.74) is 0.106. The summed E-state index contributed by atoms with van der Waals surface area (Å²) in [5.74, 6) is -1.45. The molecule has 1 atom stereocenters. The van der Waals surface area contributed by atoms with Gasteiger partial charge in [-0.3, -0.25) is 14.9 Å². The topological polar surface area (TPSA) is 98.5 Å². The van der Waals surface area contributed by atoms with Gasteiger partial charge in [0.2, 0.25) is 5.91 Å². The van der Waals surface area contributed by atoms with E-state index in [-0.39, 0.29) is 23.6 Å². The Morgan fingerprint density at radius 3 is 2.34 bits per heavy atom. The number of nitro groups is 1. The van der Waals surface area contributed by atoms with Crippen molar-refractivity contribution in [3.63, 3.8) is 0 Å². The first-order valence-electron chi connectivity index (χ1n) is 9.03. The van der Waals surface area contributed by atoms with E-state index in [9.17, 15) is 19.7 Å². The fraction of sp³-hybridized carbons (Fsp3) is 0.333. The molecule has 2 aromatic carbocycles. The first-order valence-corrected chi connectivity index (χ1v) is 9.41. The van der Waals surface area contributed by atoms with Crippen LogP contribution in [0.3, 0.4) is 0 Å². The Morgan fingerprint density at radius 2 is 1.79 bits per heavy atom. The van der Waals surface area contributed by atoms with Crippen molar-refractivity contribution in [3.05, 3.63) is 68.7 Å². The molecule has 0 radical (unpaired) electrons. The van der Waals surface area contributed by atoms with Crippen LogP contribution in [-0.2, 0) is 16.0 Å². The molecular weight excluding hydrogens is 396 g/mol. The summed E-state index contributed by atoms with van der Waals surface area (Å²) in [7, 11) is 0. The molecule has 1 N–H and O–H groups in total. The van der Waals surface area contributed by atoms with E-state index in [4.69, 9.17) is 16.3 Å². The highest BCUT2D eigenvalue weighted by Gasteiger charge is 2.24. The van der Waals surface area contributed by atoms with Crippen molar-refractivity contribution in [2.24, 2.45) is 5.92 Å². The normalized spacial score (nSPS) is 12.2. The fourth-order valence-corrected chi connectivity index (χ4v) is 2.72. The Kier molecular flexibility index (Phi) is 6.97. The zero-order valence-electron chi connectivity index (χ0n) is 16.7. The van der Waals surface area contributed by atoms with E-state index < -0.39 is 22.4 Å². The number of ether oxygens (including phenoxy) is 1. The summed E-state index contributed by atoms with van der Waals surface area (Å²) < 4.78 is 5.26. The van der Waals surface area contributed by atoms with Gasteiger partial charge < -0.3 is 10.1 Å². The number of carbonyl (C=O) groups excluding carboxylic acids is 2. The van der Waals surface area contributed by atoms with Crippen molar-refractivity contribution < 1.29 is 19.2 Å². The maximum atomic E-state index is 12.4. The van der Waals surface area contributed by atoms with E-state index in [0.29, 0.717) is 16.3 Å². The molecule has 154 valence electrons. The van der Waals surface area contributed by atoms with Crippen LogP contribution in [0.25, 0.3) is 0 Å². The number of nitrogens with zero attached hydrogens (tertiary/aromatic N) is 1. The van der Waals surface area contributed by atoms with E-state index in [1.165, 1.54) is 18.2 Å². The molecule has 0 aromatic heterocycles. The summed E-state index contributed by atoms with van der Waals surface area (Å²) in [6.45, 7) is 6.83. The summed E-state index contributed by atoms with van der Waals surface area (Å²) >= 11 is 5.83. The monoisotopic (exact) mass is 418 g/mol. The van der Waals surface area contributed by atoms with E-state index in [1.54, 1.807) is 52.0 Å². The second-order valence-corrected chi connectivity index (χ2v) is 8.14. The zero-order valence-corrected chi connectivity index (χ0v) is 17.4. The van der Waals surface area contributed by atoms with E-state index in [0.717, 1.165) is 0 Å². The molecule has 8 heteroatoms. The lowest BCUT2D eigenvalue weighted by atomic mass is 9.97. The standard InChI is InChI=1S/C21H23ClN2O5/c1-13(19(25)23-17-9-7-16(22)8-10-17)11-14-5-6-15(12-18(14)24(27)28)20(26)29-21(2,3)4/h5-10,12-13H,11H2,1-4H3,(H,23,25). The lowest BCUT2D eigenvalue weighted by Gasteiger charge is -2.19. The largest absolute Gasteiger partial charge is 0.456 e. The van der Waals surface area contributed by atoms with Crippen LogP contribution in [-0.4, -0.2) is 22.4 Å². The number of anilines is 1. The van der Waals surface area contributed by atoms with Crippen molar-refractivity contribution in [1.82, 2.24) is 0 Å². The van der Waals surface area contributed by atoms with Gasteiger partial charge >= 0.3 is 5.97 Å². The van der Waals surface area contributed by atoms with Crippen molar-refractivity contribution >= 4 is 34.9 Å². The highest BCUT2D eigenvalue weighted by Crippen LogP contribution is 2.25. The molecule has 2 rings (SSSR count). The third kappa shape index (κ3) is 6.57. The minimum Gasteiger partial charge on any atom is -0.456 e. The van der Waals surface area contributed by atoms with Gasteiger partial charge in [0.15, 0.2) is 0 Å². The lowest BCUT2D eigenvalue weighted by Crippen LogP contribution is -2.24. The molecule has 1 unspecified atom stereocenters. The van der Waals surface area contributed by atoms with E-state index in [2.05, 4.69) is 5.32 Å².